The summed E-state index contributed by atoms with van der Waals surface area (Å²) in [5.41, 5.74) is 7.54. The fourth-order valence-electron chi connectivity index (χ4n) is 1.44. The number of carbonyl (C=O) groups is 1. The Bertz CT molecular complexity index is 672. The van der Waals surface area contributed by atoms with Crippen LogP contribution >= 0.6 is 0 Å². The predicted octanol–water partition coefficient (Wildman–Crippen LogP) is 2.15. The van der Waals surface area contributed by atoms with Gasteiger partial charge in [-0.1, -0.05) is 18.1 Å². The number of rotatable bonds is 1. The first-order valence-corrected chi connectivity index (χ1v) is 5.48. The molecule has 2 aromatic rings. The van der Waals surface area contributed by atoms with Crippen molar-refractivity contribution in [2.24, 2.45) is 0 Å². The third kappa shape index (κ3) is 3.75. The first-order valence-electron chi connectivity index (χ1n) is 5.48. The van der Waals surface area contributed by atoms with Crippen LogP contribution in [0.1, 0.15) is 11.3 Å². The number of aromatic nitrogens is 1. The average Bonchev–Trinajstić information content (AvgIpc) is 2.36. The van der Waals surface area contributed by atoms with E-state index in [1.165, 1.54) is 0 Å². The first kappa shape index (κ1) is 12.5. The van der Waals surface area contributed by atoms with Crippen molar-refractivity contribution in [3.05, 3.63) is 53.7 Å². The van der Waals surface area contributed by atoms with E-state index >= 15 is 0 Å². The van der Waals surface area contributed by atoms with Crippen LogP contribution in [0.25, 0.3) is 0 Å². The van der Waals surface area contributed by atoms with Gasteiger partial charge in [-0.3, -0.25) is 5.32 Å². The number of hydrogen-bond donors (Lipinski definition) is 3. The van der Waals surface area contributed by atoms with E-state index in [4.69, 9.17) is 10.8 Å². The van der Waals surface area contributed by atoms with E-state index in [0.29, 0.717) is 11.4 Å². The summed E-state index contributed by atoms with van der Waals surface area (Å²) in [5, 5.41) is 10.8. The Hall–Kier alpha value is -3.00. The molecule has 0 saturated heterocycles. The zero-order valence-corrected chi connectivity index (χ0v) is 9.92. The molecule has 0 atom stereocenters. The lowest BCUT2D eigenvalue weighted by Crippen LogP contribution is -2.08. The van der Waals surface area contributed by atoms with E-state index in [9.17, 15) is 4.79 Å². The molecule has 0 fully saturated rings. The molecule has 19 heavy (non-hydrogen) atoms. The van der Waals surface area contributed by atoms with Crippen molar-refractivity contribution in [1.29, 1.82) is 0 Å². The predicted molar refractivity (Wildman–Crippen MR) is 72.7 cm³/mol. The largest absolute Gasteiger partial charge is 0.465 e. The quantitative estimate of drug-likeness (QED) is 0.536. The standard InChI is InChI=1S/C14H11N3O2/c15-11-4-1-3-10(9-11)7-8-12-5-2-6-13(16-12)17-14(18)19/h1-6,9H,15H2,(H,16,17)(H,18,19). The highest BCUT2D eigenvalue weighted by Gasteiger charge is 1.99. The van der Waals surface area contributed by atoms with Gasteiger partial charge < -0.3 is 10.8 Å². The van der Waals surface area contributed by atoms with Crippen LogP contribution in [-0.2, 0) is 0 Å². The molecule has 0 spiro atoms. The smallest absolute Gasteiger partial charge is 0.410 e. The summed E-state index contributed by atoms with van der Waals surface area (Å²) >= 11 is 0. The Morgan fingerprint density at radius 1 is 1.21 bits per heavy atom. The Balaban J connectivity index is 2.22. The van der Waals surface area contributed by atoms with E-state index < -0.39 is 6.09 Å². The number of anilines is 2. The number of nitrogens with one attached hydrogen (secondary N) is 1. The molecule has 0 unspecified atom stereocenters. The molecule has 1 heterocycles. The molecule has 1 aromatic carbocycles. The molecule has 5 heteroatoms. The summed E-state index contributed by atoms with van der Waals surface area (Å²) in [6, 6.07) is 12.1. The van der Waals surface area contributed by atoms with Crippen molar-refractivity contribution in [3.8, 4) is 11.8 Å². The van der Waals surface area contributed by atoms with Crippen LogP contribution in [0.15, 0.2) is 42.5 Å². The average molecular weight is 253 g/mol. The molecule has 0 aliphatic heterocycles. The monoisotopic (exact) mass is 253 g/mol. The van der Waals surface area contributed by atoms with Crippen molar-refractivity contribution in [2.75, 3.05) is 11.1 Å². The third-order valence-electron chi connectivity index (χ3n) is 2.21. The van der Waals surface area contributed by atoms with E-state index in [-0.39, 0.29) is 5.82 Å². The molecule has 5 nitrogen and oxygen atoms in total. The number of pyridine rings is 1. The molecule has 2 rings (SSSR count). The molecule has 0 aliphatic rings. The van der Waals surface area contributed by atoms with Gasteiger partial charge >= 0.3 is 6.09 Å². The van der Waals surface area contributed by atoms with E-state index in [1.807, 2.05) is 12.1 Å². The summed E-state index contributed by atoms with van der Waals surface area (Å²) in [6.45, 7) is 0. The van der Waals surface area contributed by atoms with Gasteiger partial charge in [0.25, 0.3) is 0 Å². The Kier molecular flexibility index (Phi) is 3.64. The number of carboxylic acid groups (broad SMARTS) is 1. The van der Waals surface area contributed by atoms with Gasteiger partial charge in [-0.15, -0.1) is 0 Å². The first-order chi connectivity index (χ1) is 9.13. The Morgan fingerprint density at radius 3 is 2.74 bits per heavy atom. The molecular weight excluding hydrogens is 242 g/mol. The second-order valence-electron chi connectivity index (χ2n) is 3.71. The maximum Gasteiger partial charge on any atom is 0.410 e. The van der Waals surface area contributed by atoms with E-state index in [1.54, 1.807) is 30.3 Å². The second-order valence-corrected chi connectivity index (χ2v) is 3.71. The summed E-state index contributed by atoms with van der Waals surface area (Å²) in [5.74, 6) is 6.01. The van der Waals surface area contributed by atoms with Crippen LogP contribution in [0.4, 0.5) is 16.3 Å². The lowest BCUT2D eigenvalue weighted by molar-refractivity contribution is 0.209. The molecule has 1 amide bonds. The molecule has 1 aromatic heterocycles. The molecule has 0 saturated carbocycles. The SMILES string of the molecule is Nc1cccc(C#Cc2cccc(NC(=O)O)n2)c1. The Labute approximate surface area is 110 Å². The number of nitrogens with zero attached hydrogens (tertiary/aromatic N) is 1. The van der Waals surface area contributed by atoms with Gasteiger partial charge in [-0.05, 0) is 36.3 Å². The second kappa shape index (κ2) is 5.56. The fourth-order valence-corrected chi connectivity index (χ4v) is 1.44. The minimum atomic E-state index is -1.16. The van der Waals surface area contributed by atoms with Crippen LogP contribution in [0, 0.1) is 11.8 Å². The minimum absolute atomic E-state index is 0.242. The topological polar surface area (TPSA) is 88.2 Å². The van der Waals surface area contributed by atoms with E-state index in [0.717, 1.165) is 5.56 Å². The summed E-state index contributed by atoms with van der Waals surface area (Å²) in [7, 11) is 0. The van der Waals surface area contributed by atoms with Gasteiger partial charge in [-0.25, -0.2) is 9.78 Å². The van der Waals surface area contributed by atoms with Gasteiger partial charge in [0.1, 0.15) is 11.5 Å². The summed E-state index contributed by atoms with van der Waals surface area (Å²) in [6.07, 6.45) is -1.16. The summed E-state index contributed by atoms with van der Waals surface area (Å²) in [4.78, 5) is 14.5. The zero-order valence-electron chi connectivity index (χ0n) is 9.92. The van der Waals surface area contributed by atoms with Crippen molar-refractivity contribution >= 4 is 17.6 Å². The van der Waals surface area contributed by atoms with Crippen LogP contribution in [0.2, 0.25) is 0 Å². The number of amides is 1. The molecule has 0 bridgehead atoms. The maximum atomic E-state index is 10.5. The summed E-state index contributed by atoms with van der Waals surface area (Å²) < 4.78 is 0. The van der Waals surface area contributed by atoms with Gasteiger partial charge in [0, 0.05) is 11.3 Å². The minimum Gasteiger partial charge on any atom is -0.465 e. The van der Waals surface area contributed by atoms with Crippen molar-refractivity contribution in [2.45, 2.75) is 0 Å². The van der Waals surface area contributed by atoms with Crippen molar-refractivity contribution in [1.82, 2.24) is 4.98 Å². The number of nitrogens with two attached hydrogens (primary N) is 1. The van der Waals surface area contributed by atoms with Crippen molar-refractivity contribution in [3.63, 3.8) is 0 Å². The Morgan fingerprint density at radius 2 is 2.00 bits per heavy atom. The lowest BCUT2D eigenvalue weighted by atomic mass is 10.2. The zero-order chi connectivity index (χ0) is 13.7. The third-order valence-corrected chi connectivity index (χ3v) is 2.21. The lowest BCUT2D eigenvalue weighted by Gasteiger charge is -1.99. The maximum absolute atomic E-state index is 10.5. The van der Waals surface area contributed by atoms with Crippen LogP contribution in [-0.4, -0.2) is 16.2 Å². The van der Waals surface area contributed by atoms with Gasteiger partial charge in [-0.2, -0.15) is 0 Å². The number of benzene rings is 1. The van der Waals surface area contributed by atoms with Crippen LogP contribution < -0.4 is 11.1 Å². The molecule has 0 radical (unpaired) electrons. The van der Waals surface area contributed by atoms with Gasteiger partial charge in [0.05, 0.1) is 0 Å². The van der Waals surface area contributed by atoms with Crippen LogP contribution in [0.3, 0.4) is 0 Å². The highest BCUT2D eigenvalue weighted by Crippen LogP contribution is 2.06. The normalized spacial score (nSPS) is 9.26. The van der Waals surface area contributed by atoms with Gasteiger partial charge in [0.2, 0.25) is 0 Å². The van der Waals surface area contributed by atoms with E-state index in [2.05, 4.69) is 22.1 Å². The molecule has 4 N–H and O–H groups in total. The fraction of sp³-hybridized carbons (Fsp3) is 0. The highest BCUT2D eigenvalue weighted by molar-refractivity contribution is 5.81. The molecule has 94 valence electrons. The number of hydrogen-bond acceptors (Lipinski definition) is 3. The van der Waals surface area contributed by atoms with Crippen LogP contribution in [0.5, 0.6) is 0 Å². The molecule has 0 aliphatic carbocycles. The molecular formula is C14H11N3O2. The van der Waals surface area contributed by atoms with Crippen molar-refractivity contribution < 1.29 is 9.90 Å². The highest BCUT2D eigenvalue weighted by atomic mass is 16.4. The number of nitrogen functional groups attached to an aromatic ring is 1. The van der Waals surface area contributed by atoms with Gasteiger partial charge in [0.15, 0.2) is 0 Å².